The molecule has 0 radical (unpaired) electrons. The Morgan fingerprint density at radius 3 is 2.81 bits per heavy atom. The van der Waals surface area contributed by atoms with Crippen LogP contribution in [-0.2, 0) is 4.74 Å². The Balaban J connectivity index is 1.76. The number of ether oxygens (including phenoxy) is 1. The van der Waals surface area contributed by atoms with Gasteiger partial charge in [0.05, 0.1) is 25.2 Å². The lowest BCUT2D eigenvalue weighted by Gasteiger charge is -2.24. The summed E-state index contributed by atoms with van der Waals surface area (Å²) in [5.74, 6) is 0.499. The number of nitriles is 1. The number of hydrogen-bond acceptors (Lipinski definition) is 9. The SMILES string of the molecule is COC(=O)c1cnc(Nc2cnc(C#N)cn2)cc1NCC1CCCCN1. The number of piperidine rings is 1. The van der Waals surface area contributed by atoms with Gasteiger partial charge in [-0.1, -0.05) is 6.42 Å². The van der Waals surface area contributed by atoms with Gasteiger partial charge >= 0.3 is 5.97 Å². The minimum atomic E-state index is -0.452. The molecule has 1 unspecified atom stereocenters. The third-order valence-electron chi connectivity index (χ3n) is 4.28. The topological polar surface area (TPSA) is 125 Å². The second-order valence-electron chi connectivity index (χ2n) is 6.16. The molecule has 1 fully saturated rings. The predicted octanol–water partition coefficient (Wildman–Crippen LogP) is 1.83. The Hall–Kier alpha value is -3.25. The fraction of sp³-hybridized carbons (Fsp3) is 0.389. The standard InChI is InChI=1S/C18H21N7O2/c1-27-18(26)14-10-24-16(25-17-11-21-13(7-19)9-23-17)6-15(14)22-8-12-4-2-3-5-20-12/h6,9-12,20H,2-5,8H2,1H3,(H2,22,23,24,25). The monoisotopic (exact) mass is 367 g/mol. The van der Waals surface area contributed by atoms with Crippen LogP contribution in [0.3, 0.4) is 0 Å². The molecule has 1 saturated heterocycles. The van der Waals surface area contributed by atoms with Gasteiger partial charge in [0.15, 0.2) is 5.69 Å². The van der Waals surface area contributed by atoms with Gasteiger partial charge in [-0.15, -0.1) is 0 Å². The van der Waals surface area contributed by atoms with Crippen molar-refractivity contribution < 1.29 is 9.53 Å². The van der Waals surface area contributed by atoms with Crippen molar-refractivity contribution >= 4 is 23.3 Å². The second-order valence-corrected chi connectivity index (χ2v) is 6.16. The molecule has 2 aromatic rings. The minimum Gasteiger partial charge on any atom is -0.465 e. The number of anilines is 3. The number of aromatic nitrogens is 3. The van der Waals surface area contributed by atoms with E-state index in [0.717, 1.165) is 13.0 Å². The van der Waals surface area contributed by atoms with Gasteiger partial charge in [0.2, 0.25) is 0 Å². The van der Waals surface area contributed by atoms with Gasteiger partial charge in [0, 0.05) is 24.8 Å². The summed E-state index contributed by atoms with van der Waals surface area (Å²) >= 11 is 0. The molecule has 0 aromatic carbocycles. The second kappa shape index (κ2) is 8.91. The molecule has 0 bridgehead atoms. The summed E-state index contributed by atoms with van der Waals surface area (Å²) in [6.45, 7) is 1.71. The van der Waals surface area contributed by atoms with Crippen LogP contribution in [0.2, 0.25) is 0 Å². The van der Waals surface area contributed by atoms with Crippen molar-refractivity contribution in [2.75, 3.05) is 30.8 Å². The lowest BCUT2D eigenvalue weighted by molar-refractivity contribution is 0.0601. The zero-order valence-corrected chi connectivity index (χ0v) is 15.0. The molecule has 0 saturated carbocycles. The average Bonchev–Trinajstić information content (AvgIpc) is 2.73. The van der Waals surface area contributed by atoms with E-state index < -0.39 is 5.97 Å². The van der Waals surface area contributed by atoms with Crippen LogP contribution in [-0.4, -0.2) is 47.2 Å². The summed E-state index contributed by atoms with van der Waals surface area (Å²) in [5.41, 5.74) is 1.23. The third-order valence-corrected chi connectivity index (χ3v) is 4.28. The first kappa shape index (κ1) is 18.5. The number of hydrogen-bond donors (Lipinski definition) is 3. The molecule has 3 N–H and O–H groups in total. The molecule has 9 nitrogen and oxygen atoms in total. The van der Waals surface area contributed by atoms with E-state index in [1.54, 1.807) is 6.07 Å². The van der Waals surface area contributed by atoms with Crippen LogP contribution in [0.5, 0.6) is 0 Å². The van der Waals surface area contributed by atoms with E-state index in [2.05, 4.69) is 30.9 Å². The van der Waals surface area contributed by atoms with Crippen molar-refractivity contribution in [3.8, 4) is 6.07 Å². The van der Waals surface area contributed by atoms with Gasteiger partial charge in [-0.25, -0.2) is 19.7 Å². The molecule has 1 aliphatic heterocycles. The van der Waals surface area contributed by atoms with Gasteiger partial charge in [0.1, 0.15) is 23.3 Å². The van der Waals surface area contributed by atoms with E-state index >= 15 is 0 Å². The summed E-state index contributed by atoms with van der Waals surface area (Å²) in [4.78, 5) is 24.3. The van der Waals surface area contributed by atoms with Crippen molar-refractivity contribution in [2.24, 2.45) is 0 Å². The highest BCUT2D eigenvalue weighted by Crippen LogP contribution is 2.22. The van der Waals surface area contributed by atoms with Crippen LogP contribution in [0.15, 0.2) is 24.7 Å². The summed E-state index contributed by atoms with van der Waals surface area (Å²) in [5, 5.41) is 18.6. The van der Waals surface area contributed by atoms with Crippen LogP contribution < -0.4 is 16.0 Å². The highest BCUT2D eigenvalue weighted by Gasteiger charge is 2.17. The lowest BCUT2D eigenvalue weighted by Crippen LogP contribution is -2.39. The van der Waals surface area contributed by atoms with Gasteiger partial charge in [-0.2, -0.15) is 5.26 Å². The maximum Gasteiger partial charge on any atom is 0.341 e. The fourth-order valence-corrected chi connectivity index (χ4v) is 2.86. The first-order valence-electron chi connectivity index (χ1n) is 8.74. The predicted molar refractivity (Wildman–Crippen MR) is 99.7 cm³/mol. The summed E-state index contributed by atoms with van der Waals surface area (Å²) in [6.07, 6.45) is 7.77. The van der Waals surface area contributed by atoms with Gasteiger partial charge in [-0.05, 0) is 19.4 Å². The zero-order chi connectivity index (χ0) is 19.1. The number of nitrogens with zero attached hydrogens (tertiary/aromatic N) is 4. The van der Waals surface area contributed by atoms with E-state index in [1.165, 1.54) is 38.5 Å². The van der Waals surface area contributed by atoms with Crippen molar-refractivity contribution in [1.82, 2.24) is 20.3 Å². The number of pyridine rings is 1. The van der Waals surface area contributed by atoms with Gasteiger partial charge in [-0.3, -0.25) is 0 Å². The maximum atomic E-state index is 12.0. The summed E-state index contributed by atoms with van der Waals surface area (Å²) in [6, 6.07) is 4.01. The van der Waals surface area contributed by atoms with E-state index in [9.17, 15) is 4.79 Å². The number of carbonyl (C=O) groups excluding carboxylic acids is 1. The molecular weight excluding hydrogens is 346 g/mol. The Morgan fingerprint density at radius 2 is 2.15 bits per heavy atom. The molecular formula is C18H21N7O2. The first-order chi connectivity index (χ1) is 13.2. The highest BCUT2D eigenvalue weighted by molar-refractivity contribution is 5.95. The smallest absolute Gasteiger partial charge is 0.341 e. The Bertz CT molecular complexity index is 827. The van der Waals surface area contributed by atoms with E-state index in [4.69, 9.17) is 10.00 Å². The number of carbonyl (C=O) groups is 1. The zero-order valence-electron chi connectivity index (χ0n) is 15.0. The largest absolute Gasteiger partial charge is 0.465 e. The van der Waals surface area contributed by atoms with Crippen molar-refractivity contribution in [2.45, 2.75) is 25.3 Å². The summed E-state index contributed by atoms with van der Waals surface area (Å²) in [7, 11) is 1.34. The van der Waals surface area contributed by atoms with Crippen molar-refractivity contribution in [1.29, 1.82) is 5.26 Å². The lowest BCUT2D eigenvalue weighted by atomic mass is 10.0. The minimum absolute atomic E-state index is 0.233. The van der Waals surface area contributed by atoms with Crippen LogP contribution >= 0.6 is 0 Å². The Kier molecular flexibility index (Phi) is 6.12. The maximum absolute atomic E-state index is 12.0. The quantitative estimate of drug-likeness (QED) is 0.656. The molecule has 3 heterocycles. The molecule has 27 heavy (non-hydrogen) atoms. The molecule has 9 heteroatoms. The molecule has 0 aliphatic carbocycles. The third kappa shape index (κ3) is 4.89. The van der Waals surface area contributed by atoms with E-state index in [-0.39, 0.29) is 5.69 Å². The van der Waals surface area contributed by atoms with Crippen LogP contribution in [0.1, 0.15) is 35.3 Å². The molecule has 140 valence electrons. The van der Waals surface area contributed by atoms with Gasteiger partial charge in [0.25, 0.3) is 0 Å². The molecule has 0 amide bonds. The number of rotatable bonds is 6. The first-order valence-corrected chi connectivity index (χ1v) is 8.74. The van der Waals surface area contributed by atoms with Crippen molar-refractivity contribution in [3.63, 3.8) is 0 Å². The van der Waals surface area contributed by atoms with E-state index in [0.29, 0.717) is 35.5 Å². The number of esters is 1. The molecule has 3 rings (SSSR count). The van der Waals surface area contributed by atoms with Crippen molar-refractivity contribution in [3.05, 3.63) is 35.9 Å². The number of methoxy groups -OCH3 is 1. The Morgan fingerprint density at radius 1 is 1.30 bits per heavy atom. The van der Waals surface area contributed by atoms with Crippen LogP contribution in [0.25, 0.3) is 0 Å². The normalized spacial score (nSPS) is 16.2. The Labute approximate surface area is 157 Å². The fourth-order valence-electron chi connectivity index (χ4n) is 2.86. The molecule has 1 atom stereocenters. The number of nitrogens with one attached hydrogen (secondary N) is 3. The molecule has 2 aromatic heterocycles. The molecule has 1 aliphatic rings. The average molecular weight is 367 g/mol. The highest BCUT2D eigenvalue weighted by atomic mass is 16.5. The van der Waals surface area contributed by atoms with Crippen LogP contribution in [0, 0.1) is 11.3 Å². The molecule has 0 spiro atoms. The van der Waals surface area contributed by atoms with E-state index in [1.807, 2.05) is 6.07 Å². The van der Waals surface area contributed by atoms with Crippen LogP contribution in [0.4, 0.5) is 17.3 Å². The summed E-state index contributed by atoms with van der Waals surface area (Å²) < 4.78 is 4.84. The van der Waals surface area contributed by atoms with Gasteiger partial charge < -0.3 is 20.7 Å².